The minimum atomic E-state index is -1.30. The Morgan fingerprint density at radius 1 is 0.267 bits per heavy atom. The summed E-state index contributed by atoms with van der Waals surface area (Å²) < 4.78 is 0. The fourth-order valence-electron chi connectivity index (χ4n) is 6.79. The highest BCUT2D eigenvalue weighted by atomic mass is 16.4. The van der Waals surface area contributed by atoms with Crippen LogP contribution in [-0.2, 0) is 33.6 Å². The molecule has 0 radical (unpaired) electrons. The second-order valence-corrected chi connectivity index (χ2v) is 15.5. The average Bonchev–Trinajstić information content (AvgIpc) is 3.17. The van der Waals surface area contributed by atoms with E-state index in [2.05, 4.69) is 0 Å². The quantitative estimate of drug-likeness (QED) is 0.157. The van der Waals surface area contributed by atoms with Crippen molar-refractivity contribution in [3.8, 4) is 0 Å². The lowest BCUT2D eigenvalue weighted by Gasteiger charge is -2.40. The van der Waals surface area contributed by atoms with Crippen LogP contribution in [0.15, 0.2) is 0 Å². The van der Waals surface area contributed by atoms with Crippen LogP contribution in [0.25, 0.3) is 0 Å². The summed E-state index contributed by atoms with van der Waals surface area (Å²) in [5.74, 6) is -8.79. The van der Waals surface area contributed by atoms with Gasteiger partial charge in [0, 0.05) is 147 Å². The fourth-order valence-corrected chi connectivity index (χ4v) is 6.79. The molecule has 0 spiro atoms. The Morgan fingerprint density at radius 3 is 0.467 bits per heavy atom. The molecule has 2 aliphatic rings. The molecule has 2 aliphatic heterocycles. The SMILES string of the molecule is CC(C(=O)[O-])N1CCN(C(C)C(=O)[O-])CCN(C(C)C(=O)[O-])CCN(C(C)C(=O)[O-])CC1.CC(C(=O)[O-])N1CCN(C)CCN(C(C)C(=O)[O-])CCN(C(C)C(=O)[O-])CC1. The number of carbonyl (C=O) groups is 7. The lowest BCUT2D eigenvalue weighted by Crippen LogP contribution is -2.58. The van der Waals surface area contributed by atoms with Gasteiger partial charge in [-0.05, 0) is 55.5 Å². The summed E-state index contributed by atoms with van der Waals surface area (Å²) in [5, 5.41) is 79.8. The number of carboxylic acids is 7. The zero-order valence-corrected chi connectivity index (χ0v) is 36.1. The summed E-state index contributed by atoms with van der Waals surface area (Å²) in [5.41, 5.74) is 0. The van der Waals surface area contributed by atoms with Gasteiger partial charge in [-0.15, -0.1) is 0 Å². The van der Waals surface area contributed by atoms with Gasteiger partial charge >= 0.3 is 0 Å². The van der Waals surface area contributed by atoms with Gasteiger partial charge < -0.3 is 74.2 Å². The van der Waals surface area contributed by atoms with Gasteiger partial charge in [-0.25, -0.2) is 0 Å². The summed E-state index contributed by atoms with van der Waals surface area (Å²) in [7, 11) is 1.89. The Kier molecular flexibility index (Phi) is 23.7. The normalized spacial score (nSPS) is 22.9. The van der Waals surface area contributed by atoms with Gasteiger partial charge in [0.2, 0.25) is 0 Å². The van der Waals surface area contributed by atoms with Crippen molar-refractivity contribution in [3.63, 3.8) is 0 Å². The molecule has 0 aliphatic carbocycles. The maximum atomic E-state index is 11.4. The van der Waals surface area contributed by atoms with Crippen molar-refractivity contribution >= 4 is 41.8 Å². The Bertz CT molecular complexity index is 1260. The summed E-state index contributed by atoms with van der Waals surface area (Å²) in [6, 6.07) is -6.40. The molecule has 0 aromatic rings. The fraction of sp³-hybridized carbons (Fsp3) is 0.816. The van der Waals surface area contributed by atoms with E-state index in [1.54, 1.807) is 48.1 Å². The van der Waals surface area contributed by atoms with Crippen molar-refractivity contribution in [3.05, 3.63) is 0 Å². The van der Waals surface area contributed by atoms with Gasteiger partial charge in [0.05, 0.1) is 41.8 Å². The molecule has 0 aromatic heterocycles. The largest absolute Gasteiger partial charge is 0.548 e. The molecule has 2 rings (SSSR count). The molecule has 0 saturated carbocycles. The van der Waals surface area contributed by atoms with E-state index >= 15 is 0 Å². The van der Waals surface area contributed by atoms with Crippen LogP contribution in [0.2, 0.25) is 0 Å². The summed E-state index contributed by atoms with van der Waals surface area (Å²) >= 11 is 0. The minimum Gasteiger partial charge on any atom is -0.548 e. The molecule has 60 heavy (non-hydrogen) atoms. The number of rotatable bonds is 14. The monoisotopic (exact) mass is 855 g/mol. The third-order valence-electron chi connectivity index (χ3n) is 11.8. The summed E-state index contributed by atoms with van der Waals surface area (Å²) in [6.07, 6.45) is 0. The molecule has 0 N–H and O–H groups in total. The van der Waals surface area contributed by atoms with Crippen LogP contribution in [0.3, 0.4) is 0 Å². The standard InChI is InChI=1S/C20H36N4O8.C18H34N4O6/c1-13(17(25)26)21-5-7-22(14(2)18(27)28)9-11-24(16(4)20(31)32)12-10-23(8-6-21)15(3)19(29)30;1-13(16(23)24)20-7-5-19(4)6-8-21(14(2)17(25)26)10-12-22(11-9-20)15(3)18(27)28/h13-16H,5-12H2,1-4H3,(H,25,26)(H,27,28)(H,29,30)(H,31,32);13-15H,5-12H2,1-4H3,(H,23,24)(H,25,26)(H,27,28)/p-7. The molecule has 346 valence electrons. The average molecular weight is 856 g/mol. The predicted octanol–water partition coefficient (Wildman–Crippen LogP) is -11.0. The molecule has 2 heterocycles. The van der Waals surface area contributed by atoms with Crippen LogP contribution in [0.4, 0.5) is 0 Å². The number of carbonyl (C=O) groups excluding carboxylic acids is 7. The van der Waals surface area contributed by atoms with Crippen molar-refractivity contribution < 1.29 is 69.3 Å². The Balaban J connectivity index is 0.000000605. The number of nitrogens with zero attached hydrogens (tertiary/aromatic N) is 8. The number of likely N-dealkylation sites (N-methyl/N-ethyl adjacent to an activating group) is 1. The number of hydrogen-bond donors (Lipinski definition) is 0. The number of carboxylic acid groups (broad SMARTS) is 7. The molecule has 0 aromatic carbocycles. The van der Waals surface area contributed by atoms with E-state index < -0.39 is 84.1 Å². The zero-order chi connectivity index (χ0) is 46.0. The van der Waals surface area contributed by atoms with E-state index in [1.165, 1.54) is 34.6 Å². The first kappa shape index (κ1) is 54.0. The zero-order valence-electron chi connectivity index (χ0n) is 36.1. The highest BCUT2D eigenvalue weighted by molar-refractivity contribution is 5.73. The Hall–Kier alpha value is -4.03. The molecule has 7 atom stereocenters. The second-order valence-electron chi connectivity index (χ2n) is 15.5. The van der Waals surface area contributed by atoms with Crippen LogP contribution in [-0.4, -0.2) is 235 Å². The Labute approximate surface area is 352 Å². The first-order valence-electron chi connectivity index (χ1n) is 20.2. The van der Waals surface area contributed by atoms with Gasteiger partial charge in [0.25, 0.3) is 0 Å². The number of aliphatic carboxylic acids is 7. The van der Waals surface area contributed by atoms with E-state index in [0.717, 1.165) is 0 Å². The highest BCUT2D eigenvalue weighted by Gasteiger charge is 2.27. The molecular weight excluding hydrogens is 792 g/mol. The van der Waals surface area contributed by atoms with Gasteiger partial charge in [0.15, 0.2) is 0 Å². The molecule has 22 heteroatoms. The first-order valence-corrected chi connectivity index (χ1v) is 20.2. The van der Waals surface area contributed by atoms with Crippen molar-refractivity contribution in [1.29, 1.82) is 0 Å². The third-order valence-corrected chi connectivity index (χ3v) is 11.8. The molecule has 7 unspecified atom stereocenters. The van der Waals surface area contributed by atoms with E-state index in [9.17, 15) is 69.3 Å². The predicted molar refractivity (Wildman–Crippen MR) is 200 cm³/mol. The van der Waals surface area contributed by atoms with Crippen molar-refractivity contribution in [2.45, 2.75) is 90.8 Å². The lowest BCUT2D eigenvalue weighted by molar-refractivity contribution is -0.314. The topological polar surface area (TPSA) is 307 Å². The third kappa shape index (κ3) is 17.9. The lowest BCUT2D eigenvalue weighted by atomic mass is 10.2. The van der Waals surface area contributed by atoms with Crippen LogP contribution >= 0.6 is 0 Å². The highest BCUT2D eigenvalue weighted by Crippen LogP contribution is 2.11. The van der Waals surface area contributed by atoms with E-state index in [-0.39, 0.29) is 52.4 Å². The van der Waals surface area contributed by atoms with Crippen LogP contribution in [0, 0.1) is 0 Å². The van der Waals surface area contributed by atoms with Crippen molar-refractivity contribution in [2.24, 2.45) is 0 Å². The maximum Gasteiger partial charge on any atom is 0.0583 e. The van der Waals surface area contributed by atoms with Gasteiger partial charge in [-0.3, -0.25) is 34.3 Å². The molecule has 0 bridgehead atoms. The molecular formula is C38H63N8O14-7. The van der Waals surface area contributed by atoms with Gasteiger partial charge in [-0.2, -0.15) is 0 Å². The van der Waals surface area contributed by atoms with Gasteiger partial charge in [-0.1, -0.05) is 0 Å². The first-order chi connectivity index (χ1) is 27.9. The van der Waals surface area contributed by atoms with Crippen LogP contribution in [0.5, 0.6) is 0 Å². The Morgan fingerprint density at radius 2 is 0.367 bits per heavy atom. The smallest absolute Gasteiger partial charge is 0.0583 e. The minimum absolute atomic E-state index is 0.177. The van der Waals surface area contributed by atoms with Crippen molar-refractivity contribution in [1.82, 2.24) is 39.2 Å². The maximum absolute atomic E-state index is 11.4. The summed E-state index contributed by atoms with van der Waals surface area (Å²) in [4.78, 5) is 93.3. The molecule has 2 saturated heterocycles. The van der Waals surface area contributed by atoms with E-state index in [4.69, 9.17) is 0 Å². The molecule has 0 amide bonds. The molecule has 2 fully saturated rings. The van der Waals surface area contributed by atoms with E-state index in [0.29, 0.717) is 52.4 Å². The summed E-state index contributed by atoms with van der Waals surface area (Å²) in [6.45, 7) is 15.2. The van der Waals surface area contributed by atoms with Crippen molar-refractivity contribution in [2.75, 3.05) is 112 Å². The number of hydrogen-bond acceptors (Lipinski definition) is 22. The second kappa shape index (κ2) is 26.3. The van der Waals surface area contributed by atoms with Crippen LogP contribution < -0.4 is 35.7 Å². The van der Waals surface area contributed by atoms with Crippen LogP contribution in [0.1, 0.15) is 48.5 Å². The van der Waals surface area contributed by atoms with Gasteiger partial charge in [0.1, 0.15) is 0 Å². The van der Waals surface area contributed by atoms with E-state index in [1.807, 2.05) is 11.9 Å². The molecule has 22 nitrogen and oxygen atoms in total.